The molecule has 0 atom stereocenters. The molecular formula is C60H44N2. The maximum absolute atomic E-state index is 2.31. The zero-order valence-electron chi connectivity index (χ0n) is 34.3. The zero-order chi connectivity index (χ0) is 41.5. The topological polar surface area (TPSA) is 6.48 Å². The lowest BCUT2D eigenvalue weighted by atomic mass is 9.97. The van der Waals surface area contributed by atoms with Crippen LogP contribution in [-0.2, 0) is 0 Å². The average molecular weight is 793 g/mol. The van der Waals surface area contributed by atoms with Crippen LogP contribution in [0.1, 0.15) is 0 Å². The molecule has 294 valence electrons. The zero-order valence-corrected chi connectivity index (χ0v) is 34.3. The van der Waals surface area contributed by atoms with Crippen LogP contribution in [0.3, 0.4) is 0 Å². The Morgan fingerprint density at radius 3 is 0.629 bits per heavy atom. The van der Waals surface area contributed by atoms with Gasteiger partial charge in [0.25, 0.3) is 0 Å². The highest BCUT2D eigenvalue weighted by molar-refractivity contribution is 5.83. The van der Waals surface area contributed by atoms with E-state index in [4.69, 9.17) is 0 Å². The number of hydrogen-bond donors (Lipinski definition) is 0. The van der Waals surface area contributed by atoms with Gasteiger partial charge in [0.15, 0.2) is 0 Å². The van der Waals surface area contributed by atoms with E-state index < -0.39 is 0 Å². The van der Waals surface area contributed by atoms with Gasteiger partial charge in [-0.1, -0.05) is 188 Å². The van der Waals surface area contributed by atoms with Gasteiger partial charge in [0.05, 0.1) is 0 Å². The van der Waals surface area contributed by atoms with E-state index in [0.29, 0.717) is 0 Å². The Kier molecular flexibility index (Phi) is 10.8. The molecule has 0 amide bonds. The van der Waals surface area contributed by atoms with Crippen molar-refractivity contribution >= 4 is 34.1 Å². The highest BCUT2D eigenvalue weighted by Gasteiger charge is 2.15. The number of benzene rings is 10. The summed E-state index contributed by atoms with van der Waals surface area (Å²) < 4.78 is 0. The second-order valence-corrected chi connectivity index (χ2v) is 15.4. The van der Waals surface area contributed by atoms with E-state index in [1.807, 2.05) is 0 Å². The summed E-state index contributed by atoms with van der Waals surface area (Å²) in [7, 11) is 0. The van der Waals surface area contributed by atoms with Crippen LogP contribution in [0.2, 0.25) is 0 Å². The molecule has 0 bridgehead atoms. The fourth-order valence-corrected chi connectivity index (χ4v) is 8.26. The van der Waals surface area contributed by atoms with Crippen molar-refractivity contribution in [3.63, 3.8) is 0 Å². The number of rotatable bonds is 11. The van der Waals surface area contributed by atoms with Crippen molar-refractivity contribution < 1.29 is 0 Å². The molecule has 10 rings (SSSR count). The van der Waals surface area contributed by atoms with E-state index in [9.17, 15) is 0 Å². The maximum atomic E-state index is 2.31. The van der Waals surface area contributed by atoms with Crippen LogP contribution in [-0.4, -0.2) is 0 Å². The molecule has 0 fully saturated rings. The lowest BCUT2D eigenvalue weighted by molar-refractivity contribution is 1.28. The molecule has 0 unspecified atom stereocenters. The predicted molar refractivity (Wildman–Crippen MR) is 263 cm³/mol. The van der Waals surface area contributed by atoms with Crippen LogP contribution in [0.15, 0.2) is 267 Å². The van der Waals surface area contributed by atoms with Crippen molar-refractivity contribution in [3.05, 3.63) is 267 Å². The first-order chi connectivity index (χ1) is 30.7. The first-order valence-electron chi connectivity index (χ1n) is 21.2. The third kappa shape index (κ3) is 8.18. The molecule has 0 aliphatic rings. The fourth-order valence-electron chi connectivity index (χ4n) is 8.26. The SMILES string of the molecule is c1ccc(-c2ccc(N(c3ccccc3)c3ccc(-c4ccc(-c5cccc(-c6ccc(N(c7ccccc7)c7ccc(-c8ccccc8)cc7)cc6)c5)cc4)cc3)cc2)cc1. The van der Waals surface area contributed by atoms with E-state index in [0.717, 1.165) is 34.1 Å². The van der Waals surface area contributed by atoms with Gasteiger partial charge < -0.3 is 9.80 Å². The van der Waals surface area contributed by atoms with E-state index in [1.54, 1.807) is 0 Å². The molecule has 2 heteroatoms. The molecule has 10 aromatic rings. The van der Waals surface area contributed by atoms with Gasteiger partial charge in [-0.2, -0.15) is 0 Å². The second kappa shape index (κ2) is 17.6. The molecule has 0 heterocycles. The van der Waals surface area contributed by atoms with E-state index in [2.05, 4.69) is 277 Å². The molecule has 0 spiro atoms. The minimum absolute atomic E-state index is 1.11. The summed E-state index contributed by atoms with van der Waals surface area (Å²) in [5.41, 5.74) is 18.6. The Balaban J connectivity index is 0.870. The first kappa shape index (κ1) is 38.0. The summed E-state index contributed by atoms with van der Waals surface area (Å²) in [6.45, 7) is 0. The lowest BCUT2D eigenvalue weighted by Gasteiger charge is -2.26. The van der Waals surface area contributed by atoms with E-state index >= 15 is 0 Å². The summed E-state index contributed by atoms with van der Waals surface area (Å²) in [6, 6.07) is 95.4. The summed E-state index contributed by atoms with van der Waals surface area (Å²) in [4.78, 5) is 4.63. The van der Waals surface area contributed by atoms with Crippen LogP contribution in [0.5, 0.6) is 0 Å². The average Bonchev–Trinajstić information content (AvgIpc) is 3.36. The Hall–Kier alpha value is -8.20. The molecule has 0 aromatic heterocycles. The van der Waals surface area contributed by atoms with Crippen LogP contribution >= 0.6 is 0 Å². The van der Waals surface area contributed by atoms with Crippen molar-refractivity contribution in [2.75, 3.05) is 9.80 Å². The van der Waals surface area contributed by atoms with Gasteiger partial charge in [0, 0.05) is 34.1 Å². The normalized spacial score (nSPS) is 10.9. The quantitative estimate of drug-likeness (QED) is 0.129. The third-order valence-corrected chi connectivity index (χ3v) is 11.5. The third-order valence-electron chi connectivity index (χ3n) is 11.5. The maximum Gasteiger partial charge on any atom is 0.0462 e. The largest absolute Gasteiger partial charge is 0.311 e. The lowest BCUT2D eigenvalue weighted by Crippen LogP contribution is -2.09. The smallest absolute Gasteiger partial charge is 0.0462 e. The van der Waals surface area contributed by atoms with Crippen LogP contribution in [0, 0.1) is 0 Å². The standard InChI is InChI=1S/C60H44N2/c1-5-14-45(15-6-1)48-28-36-57(37-29-48)61(55-20-9-3-10-21-55)59-40-32-50(33-41-59)47-24-26-51(27-25-47)53-18-13-19-54(44-53)52-34-42-60(43-35-52)62(56-22-11-4-12-23-56)58-38-30-49(31-39-58)46-16-7-2-8-17-46/h1-44H. The van der Waals surface area contributed by atoms with Crippen molar-refractivity contribution in [3.8, 4) is 55.6 Å². The summed E-state index contributed by atoms with van der Waals surface area (Å²) in [5.74, 6) is 0. The van der Waals surface area contributed by atoms with Gasteiger partial charge in [-0.3, -0.25) is 0 Å². The predicted octanol–water partition coefficient (Wildman–Crippen LogP) is 17.0. The Labute approximate surface area is 364 Å². The molecule has 0 radical (unpaired) electrons. The molecule has 0 aliphatic heterocycles. The fraction of sp³-hybridized carbons (Fsp3) is 0. The molecule has 10 aromatic carbocycles. The Morgan fingerprint density at radius 2 is 0.339 bits per heavy atom. The van der Waals surface area contributed by atoms with Gasteiger partial charge in [0.1, 0.15) is 0 Å². The van der Waals surface area contributed by atoms with Gasteiger partial charge in [-0.25, -0.2) is 0 Å². The van der Waals surface area contributed by atoms with E-state index in [1.165, 1.54) is 55.6 Å². The molecule has 0 aliphatic carbocycles. The minimum atomic E-state index is 1.11. The van der Waals surface area contributed by atoms with Crippen LogP contribution in [0.4, 0.5) is 34.1 Å². The highest BCUT2D eigenvalue weighted by atomic mass is 15.1. The number of nitrogens with zero attached hydrogens (tertiary/aromatic N) is 2. The van der Waals surface area contributed by atoms with Crippen molar-refractivity contribution in [2.45, 2.75) is 0 Å². The summed E-state index contributed by atoms with van der Waals surface area (Å²) in [6.07, 6.45) is 0. The first-order valence-corrected chi connectivity index (χ1v) is 21.2. The molecule has 0 saturated carbocycles. The molecule has 0 N–H and O–H groups in total. The molecule has 2 nitrogen and oxygen atoms in total. The minimum Gasteiger partial charge on any atom is -0.311 e. The monoisotopic (exact) mass is 792 g/mol. The highest BCUT2D eigenvalue weighted by Crippen LogP contribution is 2.39. The van der Waals surface area contributed by atoms with Crippen molar-refractivity contribution in [2.24, 2.45) is 0 Å². The second-order valence-electron chi connectivity index (χ2n) is 15.4. The van der Waals surface area contributed by atoms with Crippen molar-refractivity contribution in [1.29, 1.82) is 0 Å². The number of para-hydroxylation sites is 2. The number of anilines is 6. The summed E-state index contributed by atoms with van der Waals surface area (Å²) >= 11 is 0. The molecule has 62 heavy (non-hydrogen) atoms. The summed E-state index contributed by atoms with van der Waals surface area (Å²) in [5, 5.41) is 0. The van der Waals surface area contributed by atoms with Gasteiger partial charge >= 0.3 is 0 Å². The molecule has 0 saturated heterocycles. The van der Waals surface area contributed by atoms with Gasteiger partial charge in [0.2, 0.25) is 0 Å². The van der Waals surface area contributed by atoms with Crippen LogP contribution in [0.25, 0.3) is 55.6 Å². The van der Waals surface area contributed by atoms with E-state index in [-0.39, 0.29) is 0 Å². The number of hydrogen-bond acceptors (Lipinski definition) is 2. The van der Waals surface area contributed by atoms with Crippen molar-refractivity contribution in [1.82, 2.24) is 0 Å². The Bertz CT molecular complexity index is 2980. The Morgan fingerprint density at radius 1 is 0.145 bits per heavy atom. The molecular weight excluding hydrogens is 749 g/mol. The van der Waals surface area contributed by atoms with Gasteiger partial charge in [-0.15, -0.1) is 0 Å². The van der Waals surface area contributed by atoms with Crippen LogP contribution < -0.4 is 9.80 Å². The van der Waals surface area contributed by atoms with Gasteiger partial charge in [-0.05, 0) is 134 Å².